The average Bonchev–Trinajstić information content (AvgIpc) is 3.12. The van der Waals surface area contributed by atoms with Crippen molar-refractivity contribution in [2.45, 2.75) is 43.3 Å². The van der Waals surface area contributed by atoms with Crippen molar-refractivity contribution in [1.29, 1.82) is 0 Å². The maximum absolute atomic E-state index is 13.4. The molecule has 2 unspecified atom stereocenters. The van der Waals surface area contributed by atoms with Gasteiger partial charge in [0.2, 0.25) is 0 Å². The first-order valence-corrected chi connectivity index (χ1v) is 10.9. The Morgan fingerprint density at radius 3 is 2.61 bits per heavy atom. The summed E-state index contributed by atoms with van der Waals surface area (Å²) in [5.41, 5.74) is 0.388. The zero-order chi connectivity index (χ0) is 21.4. The highest BCUT2D eigenvalue weighted by atomic mass is 32.1. The van der Waals surface area contributed by atoms with Crippen LogP contribution in [-0.2, 0) is 10.3 Å². The third-order valence-electron chi connectivity index (χ3n) is 6.27. The molecule has 2 bridgehead atoms. The van der Waals surface area contributed by atoms with Crippen molar-refractivity contribution in [2.24, 2.45) is 0 Å². The predicted molar refractivity (Wildman–Crippen MR) is 107 cm³/mol. The zero-order valence-corrected chi connectivity index (χ0v) is 17.3. The number of hydrogen-bond donors (Lipinski definition) is 1. The molecule has 31 heavy (non-hydrogen) atoms. The van der Waals surface area contributed by atoms with Gasteiger partial charge in [0.1, 0.15) is 5.01 Å². The smallest absolute Gasteiger partial charge is 0.422 e. The number of halogens is 3. The van der Waals surface area contributed by atoms with E-state index in [1.807, 2.05) is 10.3 Å². The number of piperazine rings is 1. The van der Waals surface area contributed by atoms with E-state index in [0.29, 0.717) is 60.2 Å². The molecule has 4 fully saturated rings. The topological polar surface area (TPSA) is 72.7 Å². The fourth-order valence-electron chi connectivity index (χ4n) is 4.62. The molecular formula is C20H19F3N4O3S. The molecule has 2 atom stereocenters. The van der Waals surface area contributed by atoms with E-state index >= 15 is 0 Å². The highest BCUT2D eigenvalue weighted by Gasteiger charge is 2.50. The maximum Gasteiger partial charge on any atom is 0.573 e. The maximum atomic E-state index is 13.4. The molecule has 3 aliphatic heterocycles. The van der Waals surface area contributed by atoms with Crippen LogP contribution < -0.4 is 15.0 Å². The number of hydrogen-bond acceptors (Lipinski definition) is 8. The van der Waals surface area contributed by atoms with Gasteiger partial charge < -0.3 is 24.1 Å². The number of piperidine rings is 1. The van der Waals surface area contributed by atoms with Gasteiger partial charge >= 0.3 is 6.36 Å². The van der Waals surface area contributed by atoms with E-state index in [4.69, 9.17) is 9.15 Å². The molecule has 1 saturated carbocycles. The Morgan fingerprint density at radius 2 is 2.03 bits per heavy atom. The Labute approximate surface area is 179 Å². The van der Waals surface area contributed by atoms with E-state index in [2.05, 4.69) is 20.0 Å². The highest BCUT2D eigenvalue weighted by molar-refractivity contribution is 7.13. The van der Waals surface area contributed by atoms with Crippen LogP contribution in [0.4, 0.5) is 19.2 Å². The molecule has 7 nitrogen and oxygen atoms in total. The fourth-order valence-corrected chi connectivity index (χ4v) is 5.27. The summed E-state index contributed by atoms with van der Waals surface area (Å²) in [6, 6.07) is 2.65. The quantitative estimate of drug-likeness (QED) is 0.627. The van der Waals surface area contributed by atoms with Gasteiger partial charge in [-0.25, -0.2) is 4.98 Å². The number of oxazole rings is 1. The second kappa shape index (κ2) is 6.57. The van der Waals surface area contributed by atoms with Crippen molar-refractivity contribution in [1.82, 2.24) is 15.3 Å². The number of methoxy groups -OCH3 is 1. The number of anilines is 1. The van der Waals surface area contributed by atoms with E-state index in [0.717, 1.165) is 6.42 Å². The van der Waals surface area contributed by atoms with E-state index in [1.165, 1.54) is 18.4 Å². The summed E-state index contributed by atoms with van der Waals surface area (Å²) >= 11 is 1.38. The van der Waals surface area contributed by atoms with Crippen molar-refractivity contribution >= 4 is 28.5 Å². The van der Waals surface area contributed by atoms with Gasteiger partial charge in [-0.1, -0.05) is 0 Å². The average molecular weight is 452 g/mol. The number of ether oxygens (including phenoxy) is 2. The van der Waals surface area contributed by atoms with Crippen molar-refractivity contribution in [3.63, 3.8) is 0 Å². The first-order chi connectivity index (χ1) is 14.9. The van der Waals surface area contributed by atoms with Gasteiger partial charge in [0.05, 0.1) is 11.2 Å². The normalized spacial score (nSPS) is 24.3. The molecule has 11 heteroatoms. The molecule has 1 aromatic carbocycles. The minimum atomic E-state index is -4.87. The number of alkyl halides is 3. The Hall–Kier alpha value is -2.37. The summed E-state index contributed by atoms with van der Waals surface area (Å²) in [6.07, 6.45) is -0.928. The van der Waals surface area contributed by atoms with E-state index in [1.54, 1.807) is 12.3 Å². The second-order valence-corrected chi connectivity index (χ2v) is 9.15. The number of rotatable bonds is 5. The summed E-state index contributed by atoms with van der Waals surface area (Å²) in [6.45, 7) is 1.39. The Kier molecular flexibility index (Phi) is 4.09. The van der Waals surface area contributed by atoms with Crippen molar-refractivity contribution in [3.8, 4) is 16.3 Å². The van der Waals surface area contributed by atoms with Crippen LogP contribution in [0.1, 0.15) is 24.8 Å². The summed E-state index contributed by atoms with van der Waals surface area (Å²) in [7, 11) is 1.50. The predicted octanol–water partition coefficient (Wildman–Crippen LogP) is 4.04. The van der Waals surface area contributed by atoms with Crippen molar-refractivity contribution < 1.29 is 27.1 Å². The molecule has 4 aliphatic rings. The highest BCUT2D eigenvalue weighted by Crippen LogP contribution is 2.55. The van der Waals surface area contributed by atoms with Gasteiger partial charge in [0, 0.05) is 49.4 Å². The molecule has 0 amide bonds. The van der Waals surface area contributed by atoms with Crippen LogP contribution in [-0.4, -0.2) is 48.6 Å². The minimum Gasteiger partial charge on any atom is -0.422 e. The largest absolute Gasteiger partial charge is 0.573 e. The lowest BCUT2D eigenvalue weighted by Crippen LogP contribution is -2.67. The van der Waals surface area contributed by atoms with Crippen LogP contribution in [0.25, 0.3) is 21.7 Å². The SMILES string of the molecule is COC1(c2cc(-c3nccs3)c3oc(N4CC5CC(C4)N5)nc3c2OC(F)(F)F)CC1. The second-order valence-electron chi connectivity index (χ2n) is 8.26. The zero-order valence-electron chi connectivity index (χ0n) is 16.5. The molecule has 164 valence electrons. The van der Waals surface area contributed by atoms with Crippen molar-refractivity contribution in [2.75, 3.05) is 25.1 Å². The lowest BCUT2D eigenvalue weighted by molar-refractivity contribution is -0.274. The number of fused-ring (bicyclic) bond motifs is 3. The summed E-state index contributed by atoms with van der Waals surface area (Å²) in [4.78, 5) is 10.8. The van der Waals surface area contributed by atoms with Gasteiger partial charge in [0.15, 0.2) is 16.8 Å². The molecule has 0 radical (unpaired) electrons. The number of nitrogens with one attached hydrogen (secondary N) is 1. The molecule has 1 N–H and O–H groups in total. The molecule has 5 heterocycles. The Balaban J connectivity index is 1.57. The summed E-state index contributed by atoms with van der Waals surface area (Å²) in [5, 5.41) is 5.88. The molecule has 3 aromatic rings. The fraction of sp³-hybridized carbons (Fsp3) is 0.500. The van der Waals surface area contributed by atoms with E-state index in [9.17, 15) is 13.2 Å². The Morgan fingerprint density at radius 1 is 1.29 bits per heavy atom. The van der Waals surface area contributed by atoms with Gasteiger partial charge in [-0.05, 0) is 25.3 Å². The third kappa shape index (κ3) is 3.17. The lowest BCUT2D eigenvalue weighted by Gasteiger charge is -2.47. The Bertz CT molecular complexity index is 1130. The summed E-state index contributed by atoms with van der Waals surface area (Å²) in [5.74, 6) is -0.350. The number of aromatic nitrogens is 2. The number of benzene rings is 1. The summed E-state index contributed by atoms with van der Waals surface area (Å²) < 4.78 is 56.4. The van der Waals surface area contributed by atoms with Gasteiger partial charge in [0.25, 0.3) is 6.01 Å². The van der Waals surface area contributed by atoms with E-state index < -0.39 is 12.0 Å². The number of nitrogens with zero attached hydrogens (tertiary/aromatic N) is 3. The van der Waals surface area contributed by atoms with Crippen LogP contribution >= 0.6 is 11.3 Å². The van der Waals surface area contributed by atoms with Crippen LogP contribution in [0, 0.1) is 0 Å². The van der Waals surface area contributed by atoms with Crippen molar-refractivity contribution in [3.05, 3.63) is 23.2 Å². The first kappa shape index (κ1) is 19.3. The van der Waals surface area contributed by atoms with Crippen LogP contribution in [0.5, 0.6) is 5.75 Å². The number of thiazole rings is 1. The van der Waals surface area contributed by atoms with Gasteiger partial charge in [-0.2, -0.15) is 4.98 Å². The standard InChI is InChI=1S/C20H19F3N4O3S/c1-28-19(2-3-19)13-7-12(17-24-4-5-31-17)15-14(16(13)30-20(21,22)23)26-18(29-15)27-8-10-6-11(9-27)25-10/h4-5,7,10-11,25H,2-3,6,8-9H2,1H3. The molecule has 7 rings (SSSR count). The van der Waals surface area contributed by atoms with Crippen LogP contribution in [0.3, 0.4) is 0 Å². The monoisotopic (exact) mass is 452 g/mol. The van der Waals surface area contributed by atoms with E-state index in [-0.39, 0.29) is 16.8 Å². The third-order valence-corrected chi connectivity index (χ3v) is 7.07. The lowest BCUT2D eigenvalue weighted by atomic mass is 9.92. The molecule has 1 aliphatic carbocycles. The molecule has 0 spiro atoms. The van der Waals surface area contributed by atoms with Crippen LogP contribution in [0.15, 0.2) is 22.1 Å². The molecular weight excluding hydrogens is 433 g/mol. The van der Waals surface area contributed by atoms with Gasteiger partial charge in [-0.15, -0.1) is 24.5 Å². The molecule has 2 aromatic heterocycles. The first-order valence-electron chi connectivity index (χ1n) is 10.0. The minimum absolute atomic E-state index is 0.0468. The van der Waals surface area contributed by atoms with Gasteiger partial charge in [-0.3, -0.25) is 0 Å². The van der Waals surface area contributed by atoms with Crippen LogP contribution in [0.2, 0.25) is 0 Å². The molecule has 3 saturated heterocycles.